The molecule has 0 radical (unpaired) electrons. The summed E-state index contributed by atoms with van der Waals surface area (Å²) in [7, 11) is 0. The van der Waals surface area contributed by atoms with Crippen molar-refractivity contribution in [2.24, 2.45) is 0 Å². The minimum absolute atomic E-state index is 0.0106. The second-order valence-corrected chi connectivity index (χ2v) is 3.25. The summed E-state index contributed by atoms with van der Waals surface area (Å²) in [5, 5.41) is 28.0. The van der Waals surface area contributed by atoms with Crippen molar-refractivity contribution < 1.29 is 15.3 Å². The van der Waals surface area contributed by atoms with E-state index < -0.39 is 0 Å². The predicted octanol–water partition coefficient (Wildman–Crippen LogP) is 2.47. The SMILES string of the molecule is Oc1cccc(-c2ccc(O)cc2O)c1. The quantitative estimate of drug-likeness (QED) is 0.665. The molecular formula is C12H10O3. The van der Waals surface area contributed by atoms with Crippen LogP contribution in [-0.4, -0.2) is 15.3 Å². The van der Waals surface area contributed by atoms with Crippen LogP contribution in [0, 0.1) is 0 Å². The van der Waals surface area contributed by atoms with E-state index in [-0.39, 0.29) is 17.2 Å². The monoisotopic (exact) mass is 202 g/mol. The van der Waals surface area contributed by atoms with Crippen LogP contribution in [0.1, 0.15) is 0 Å². The lowest BCUT2D eigenvalue weighted by Crippen LogP contribution is -1.78. The summed E-state index contributed by atoms with van der Waals surface area (Å²) in [6, 6.07) is 10.9. The maximum Gasteiger partial charge on any atom is 0.127 e. The Morgan fingerprint density at radius 2 is 1.47 bits per heavy atom. The van der Waals surface area contributed by atoms with Crippen LogP contribution in [-0.2, 0) is 0 Å². The van der Waals surface area contributed by atoms with Gasteiger partial charge in [-0.2, -0.15) is 0 Å². The first kappa shape index (κ1) is 9.40. The summed E-state index contributed by atoms with van der Waals surface area (Å²) in [4.78, 5) is 0. The molecule has 0 amide bonds. The Hall–Kier alpha value is -2.16. The lowest BCUT2D eigenvalue weighted by atomic mass is 10.0. The molecule has 0 fully saturated rings. The zero-order chi connectivity index (χ0) is 10.8. The molecule has 3 N–H and O–H groups in total. The molecule has 0 unspecified atom stereocenters. The van der Waals surface area contributed by atoms with Crippen LogP contribution in [0.4, 0.5) is 0 Å². The van der Waals surface area contributed by atoms with Gasteiger partial charge < -0.3 is 15.3 Å². The molecule has 0 saturated carbocycles. The van der Waals surface area contributed by atoms with Gasteiger partial charge in [-0.1, -0.05) is 12.1 Å². The van der Waals surface area contributed by atoms with Gasteiger partial charge in [0.05, 0.1) is 0 Å². The Balaban J connectivity index is 2.54. The Bertz CT molecular complexity index is 492. The summed E-state index contributed by atoms with van der Waals surface area (Å²) in [5.41, 5.74) is 1.27. The molecule has 0 aromatic heterocycles. The van der Waals surface area contributed by atoms with Crippen molar-refractivity contribution in [2.75, 3.05) is 0 Å². The summed E-state index contributed by atoms with van der Waals surface area (Å²) >= 11 is 0. The molecule has 0 aliphatic rings. The Morgan fingerprint density at radius 3 is 2.13 bits per heavy atom. The molecule has 2 aromatic carbocycles. The van der Waals surface area contributed by atoms with E-state index in [4.69, 9.17) is 5.11 Å². The molecule has 0 aliphatic carbocycles. The first-order valence-corrected chi connectivity index (χ1v) is 4.48. The van der Waals surface area contributed by atoms with E-state index in [1.54, 1.807) is 30.3 Å². The van der Waals surface area contributed by atoms with Gasteiger partial charge in [0, 0.05) is 11.6 Å². The topological polar surface area (TPSA) is 60.7 Å². The number of phenolic OH excluding ortho intramolecular Hbond substituents is 3. The summed E-state index contributed by atoms with van der Waals surface area (Å²) in [5.74, 6) is 0.136. The second kappa shape index (κ2) is 3.53. The first-order chi connectivity index (χ1) is 7.16. The third-order valence-electron chi connectivity index (χ3n) is 2.14. The van der Waals surface area contributed by atoms with Crippen LogP contribution < -0.4 is 0 Å². The fraction of sp³-hybridized carbons (Fsp3) is 0. The number of rotatable bonds is 1. The van der Waals surface area contributed by atoms with Crippen molar-refractivity contribution in [3.8, 4) is 28.4 Å². The third-order valence-corrected chi connectivity index (χ3v) is 2.14. The van der Waals surface area contributed by atoms with Crippen molar-refractivity contribution in [1.82, 2.24) is 0 Å². The second-order valence-electron chi connectivity index (χ2n) is 3.25. The zero-order valence-corrected chi connectivity index (χ0v) is 7.88. The van der Waals surface area contributed by atoms with E-state index in [1.807, 2.05) is 0 Å². The van der Waals surface area contributed by atoms with Crippen LogP contribution in [0.2, 0.25) is 0 Å². The highest BCUT2D eigenvalue weighted by molar-refractivity contribution is 5.71. The van der Waals surface area contributed by atoms with Gasteiger partial charge in [-0.3, -0.25) is 0 Å². The molecule has 0 aliphatic heterocycles. The van der Waals surface area contributed by atoms with E-state index in [0.717, 1.165) is 0 Å². The molecule has 0 bridgehead atoms. The molecule has 0 spiro atoms. The van der Waals surface area contributed by atoms with Gasteiger partial charge >= 0.3 is 0 Å². The van der Waals surface area contributed by atoms with Gasteiger partial charge in [0.15, 0.2) is 0 Å². The molecule has 2 aromatic rings. The summed E-state index contributed by atoms with van der Waals surface area (Å²) < 4.78 is 0. The Labute approximate surface area is 86.9 Å². The highest BCUT2D eigenvalue weighted by atomic mass is 16.3. The molecule has 0 atom stereocenters. The first-order valence-electron chi connectivity index (χ1n) is 4.48. The highest BCUT2D eigenvalue weighted by Crippen LogP contribution is 2.33. The van der Waals surface area contributed by atoms with E-state index >= 15 is 0 Å². The summed E-state index contributed by atoms with van der Waals surface area (Å²) in [6.07, 6.45) is 0. The lowest BCUT2D eigenvalue weighted by Gasteiger charge is -2.05. The maximum atomic E-state index is 9.59. The number of benzene rings is 2. The van der Waals surface area contributed by atoms with Crippen molar-refractivity contribution in [1.29, 1.82) is 0 Å². The summed E-state index contributed by atoms with van der Waals surface area (Å²) in [6.45, 7) is 0. The van der Waals surface area contributed by atoms with Crippen LogP contribution in [0.15, 0.2) is 42.5 Å². The Morgan fingerprint density at radius 1 is 0.733 bits per heavy atom. The van der Waals surface area contributed by atoms with Crippen LogP contribution >= 0.6 is 0 Å². The number of hydrogen-bond acceptors (Lipinski definition) is 3. The minimum atomic E-state index is -0.0133. The van der Waals surface area contributed by atoms with Gasteiger partial charge in [0.2, 0.25) is 0 Å². The zero-order valence-electron chi connectivity index (χ0n) is 7.88. The fourth-order valence-corrected chi connectivity index (χ4v) is 1.44. The van der Waals surface area contributed by atoms with E-state index in [2.05, 4.69) is 0 Å². The largest absolute Gasteiger partial charge is 0.508 e. The van der Waals surface area contributed by atoms with Crippen molar-refractivity contribution in [3.05, 3.63) is 42.5 Å². The van der Waals surface area contributed by atoms with Gasteiger partial charge in [-0.15, -0.1) is 0 Å². The van der Waals surface area contributed by atoms with Crippen LogP contribution in [0.5, 0.6) is 17.2 Å². The van der Waals surface area contributed by atoms with Gasteiger partial charge in [-0.05, 0) is 29.8 Å². The maximum absolute atomic E-state index is 9.59. The predicted molar refractivity (Wildman–Crippen MR) is 56.9 cm³/mol. The molecule has 76 valence electrons. The van der Waals surface area contributed by atoms with Gasteiger partial charge in [-0.25, -0.2) is 0 Å². The van der Waals surface area contributed by atoms with Gasteiger partial charge in [0.25, 0.3) is 0 Å². The number of phenols is 3. The van der Waals surface area contributed by atoms with E-state index in [9.17, 15) is 10.2 Å². The number of aromatic hydroxyl groups is 3. The van der Waals surface area contributed by atoms with Crippen molar-refractivity contribution in [3.63, 3.8) is 0 Å². The van der Waals surface area contributed by atoms with Crippen molar-refractivity contribution in [2.45, 2.75) is 0 Å². The van der Waals surface area contributed by atoms with Crippen LogP contribution in [0.3, 0.4) is 0 Å². The molecule has 0 saturated heterocycles. The average molecular weight is 202 g/mol. The molecule has 2 rings (SSSR count). The normalized spacial score (nSPS) is 10.1. The fourth-order valence-electron chi connectivity index (χ4n) is 1.44. The van der Waals surface area contributed by atoms with E-state index in [1.165, 1.54) is 12.1 Å². The smallest absolute Gasteiger partial charge is 0.127 e. The molecule has 15 heavy (non-hydrogen) atoms. The minimum Gasteiger partial charge on any atom is -0.508 e. The third kappa shape index (κ3) is 1.86. The Kier molecular flexibility index (Phi) is 2.21. The number of hydrogen-bond donors (Lipinski definition) is 3. The lowest BCUT2D eigenvalue weighted by molar-refractivity contribution is 0.452. The molecule has 3 nitrogen and oxygen atoms in total. The highest BCUT2D eigenvalue weighted by Gasteiger charge is 2.05. The van der Waals surface area contributed by atoms with Crippen molar-refractivity contribution >= 4 is 0 Å². The molecular weight excluding hydrogens is 192 g/mol. The standard InChI is InChI=1S/C12H10O3/c13-9-3-1-2-8(6-9)11-5-4-10(14)7-12(11)15/h1-7,13-15H. The molecule has 0 heterocycles. The van der Waals surface area contributed by atoms with E-state index in [0.29, 0.717) is 11.1 Å². The van der Waals surface area contributed by atoms with Gasteiger partial charge in [0.1, 0.15) is 17.2 Å². The average Bonchev–Trinajstić information content (AvgIpc) is 2.17. The van der Waals surface area contributed by atoms with Crippen LogP contribution in [0.25, 0.3) is 11.1 Å². The molecule has 3 heteroatoms.